The zero-order valence-corrected chi connectivity index (χ0v) is 12.8. The van der Waals surface area contributed by atoms with Crippen molar-refractivity contribution in [3.8, 4) is 0 Å². The fourth-order valence-corrected chi connectivity index (χ4v) is 2.39. The van der Waals surface area contributed by atoms with E-state index in [9.17, 15) is 0 Å². The van der Waals surface area contributed by atoms with Gasteiger partial charge in [0.05, 0.1) is 0 Å². The van der Waals surface area contributed by atoms with Gasteiger partial charge < -0.3 is 14.8 Å². The fourth-order valence-electron chi connectivity index (χ4n) is 2.39. The van der Waals surface area contributed by atoms with Crippen molar-refractivity contribution < 1.29 is 0 Å². The Kier molecular flexibility index (Phi) is 4.79. The molecule has 0 fully saturated rings. The summed E-state index contributed by atoms with van der Waals surface area (Å²) in [5.74, 6) is 1.13. The van der Waals surface area contributed by atoms with E-state index < -0.39 is 0 Å². The summed E-state index contributed by atoms with van der Waals surface area (Å²) in [6.07, 6.45) is 5.87. The number of aryl methyl sites for hydroxylation is 2. The number of nitrogens with one attached hydrogen (secondary N) is 1. The van der Waals surface area contributed by atoms with Crippen molar-refractivity contribution in [1.29, 1.82) is 0 Å². The Hall–Kier alpha value is -1.81. The Morgan fingerprint density at radius 2 is 1.95 bits per heavy atom. The summed E-state index contributed by atoms with van der Waals surface area (Å²) in [5, 5.41) is 3.40. The molecule has 1 unspecified atom stereocenters. The summed E-state index contributed by atoms with van der Waals surface area (Å²) in [4.78, 5) is 6.50. The van der Waals surface area contributed by atoms with Crippen molar-refractivity contribution in [3.05, 3.63) is 48.0 Å². The molecule has 0 spiro atoms. The lowest BCUT2D eigenvalue weighted by atomic mass is 10.0. The van der Waals surface area contributed by atoms with Crippen molar-refractivity contribution in [2.24, 2.45) is 7.05 Å². The van der Waals surface area contributed by atoms with E-state index in [2.05, 4.69) is 58.1 Å². The summed E-state index contributed by atoms with van der Waals surface area (Å²) in [6, 6.07) is 9.10. The molecule has 1 aromatic carbocycles. The second-order valence-electron chi connectivity index (χ2n) is 5.32. The van der Waals surface area contributed by atoms with Crippen LogP contribution in [0.2, 0.25) is 0 Å². The van der Waals surface area contributed by atoms with Crippen LogP contribution >= 0.6 is 0 Å². The first kappa shape index (κ1) is 14.6. The van der Waals surface area contributed by atoms with Crippen molar-refractivity contribution in [1.82, 2.24) is 14.9 Å². The smallest absolute Gasteiger partial charge is 0.108 e. The third-order valence-electron chi connectivity index (χ3n) is 3.74. The van der Waals surface area contributed by atoms with E-state index in [1.807, 2.05) is 26.5 Å². The molecule has 0 aliphatic heterocycles. The standard InChI is InChI=1S/C16H24N4/c1-17-15(9-10-16-18-11-12-20(16)4)13-5-7-14(8-6-13)19(2)3/h5-8,11-12,15,17H,9-10H2,1-4H3. The second-order valence-corrected chi connectivity index (χ2v) is 5.32. The first-order valence-corrected chi connectivity index (χ1v) is 7.02. The Morgan fingerprint density at radius 1 is 1.25 bits per heavy atom. The molecule has 1 heterocycles. The number of nitrogens with zero attached hydrogens (tertiary/aromatic N) is 3. The third kappa shape index (κ3) is 3.39. The number of hydrogen-bond donors (Lipinski definition) is 1. The maximum atomic E-state index is 4.38. The van der Waals surface area contributed by atoms with Crippen LogP contribution < -0.4 is 10.2 Å². The predicted molar refractivity (Wildman–Crippen MR) is 84.1 cm³/mol. The van der Waals surface area contributed by atoms with Crippen LogP contribution in [0.4, 0.5) is 5.69 Å². The average molecular weight is 272 g/mol. The molecule has 0 aliphatic carbocycles. The van der Waals surface area contributed by atoms with Crippen molar-refractivity contribution in [2.45, 2.75) is 18.9 Å². The van der Waals surface area contributed by atoms with E-state index in [1.54, 1.807) is 0 Å². The first-order valence-electron chi connectivity index (χ1n) is 7.02. The van der Waals surface area contributed by atoms with Gasteiger partial charge in [0.15, 0.2) is 0 Å². The molecule has 2 aromatic rings. The molecule has 0 saturated heterocycles. The quantitative estimate of drug-likeness (QED) is 0.876. The molecule has 1 N–H and O–H groups in total. The summed E-state index contributed by atoms with van der Waals surface area (Å²) in [6.45, 7) is 0. The lowest BCUT2D eigenvalue weighted by Crippen LogP contribution is -2.18. The van der Waals surface area contributed by atoms with Crippen LogP contribution in [0.5, 0.6) is 0 Å². The zero-order chi connectivity index (χ0) is 14.5. The number of anilines is 1. The lowest BCUT2D eigenvalue weighted by Gasteiger charge is -2.18. The minimum Gasteiger partial charge on any atom is -0.378 e. The van der Waals surface area contributed by atoms with Crippen LogP contribution in [0, 0.1) is 0 Å². The molecule has 108 valence electrons. The molecule has 2 rings (SSSR count). The van der Waals surface area contributed by atoms with Crippen molar-refractivity contribution >= 4 is 5.69 Å². The fraction of sp³-hybridized carbons (Fsp3) is 0.438. The van der Waals surface area contributed by atoms with Crippen LogP contribution in [0.1, 0.15) is 23.9 Å². The van der Waals surface area contributed by atoms with Gasteiger partial charge in [0, 0.05) is 51.7 Å². The average Bonchev–Trinajstić information content (AvgIpc) is 2.85. The predicted octanol–water partition coefficient (Wildman–Crippen LogP) is 2.38. The molecular formula is C16H24N4. The highest BCUT2D eigenvalue weighted by Gasteiger charge is 2.11. The Balaban J connectivity index is 2.02. The van der Waals surface area contributed by atoms with Gasteiger partial charge in [-0.05, 0) is 31.2 Å². The molecule has 0 amide bonds. The highest BCUT2D eigenvalue weighted by atomic mass is 15.1. The van der Waals surface area contributed by atoms with E-state index in [0.717, 1.165) is 18.7 Å². The summed E-state index contributed by atoms with van der Waals surface area (Å²) in [7, 11) is 8.18. The Morgan fingerprint density at radius 3 is 2.45 bits per heavy atom. The first-order chi connectivity index (χ1) is 9.61. The van der Waals surface area contributed by atoms with E-state index in [0.29, 0.717) is 6.04 Å². The molecule has 0 aliphatic rings. The maximum Gasteiger partial charge on any atom is 0.108 e. The van der Waals surface area contributed by atoms with Crippen LogP contribution in [-0.4, -0.2) is 30.7 Å². The van der Waals surface area contributed by atoms with Crippen LogP contribution in [0.15, 0.2) is 36.7 Å². The van der Waals surface area contributed by atoms with Crippen LogP contribution in [0.25, 0.3) is 0 Å². The van der Waals surface area contributed by atoms with Gasteiger partial charge in [-0.1, -0.05) is 12.1 Å². The molecule has 0 saturated carbocycles. The molecular weight excluding hydrogens is 248 g/mol. The zero-order valence-electron chi connectivity index (χ0n) is 12.8. The molecule has 0 radical (unpaired) electrons. The van der Waals surface area contributed by atoms with E-state index in [-0.39, 0.29) is 0 Å². The van der Waals surface area contributed by atoms with Gasteiger partial charge in [0.25, 0.3) is 0 Å². The normalized spacial score (nSPS) is 12.4. The van der Waals surface area contributed by atoms with Gasteiger partial charge in [0.2, 0.25) is 0 Å². The van der Waals surface area contributed by atoms with Crippen LogP contribution in [-0.2, 0) is 13.5 Å². The second kappa shape index (κ2) is 6.57. The third-order valence-corrected chi connectivity index (χ3v) is 3.74. The van der Waals surface area contributed by atoms with E-state index >= 15 is 0 Å². The molecule has 4 nitrogen and oxygen atoms in total. The SMILES string of the molecule is CNC(CCc1nccn1C)c1ccc(N(C)C)cc1. The highest BCUT2D eigenvalue weighted by molar-refractivity contribution is 5.46. The Labute approximate surface area is 121 Å². The topological polar surface area (TPSA) is 33.1 Å². The minimum absolute atomic E-state index is 0.364. The number of hydrogen-bond acceptors (Lipinski definition) is 3. The molecule has 1 aromatic heterocycles. The monoisotopic (exact) mass is 272 g/mol. The summed E-state index contributed by atoms with van der Waals surface area (Å²) < 4.78 is 2.09. The largest absolute Gasteiger partial charge is 0.378 e. The van der Waals surface area contributed by atoms with Crippen molar-refractivity contribution in [2.75, 3.05) is 26.0 Å². The van der Waals surface area contributed by atoms with E-state index in [1.165, 1.54) is 11.3 Å². The number of imidazole rings is 1. The number of benzene rings is 1. The molecule has 1 atom stereocenters. The van der Waals surface area contributed by atoms with Gasteiger partial charge >= 0.3 is 0 Å². The van der Waals surface area contributed by atoms with Gasteiger partial charge in [-0.15, -0.1) is 0 Å². The highest BCUT2D eigenvalue weighted by Crippen LogP contribution is 2.21. The summed E-state index contributed by atoms with van der Waals surface area (Å²) >= 11 is 0. The molecule has 20 heavy (non-hydrogen) atoms. The van der Waals surface area contributed by atoms with E-state index in [4.69, 9.17) is 0 Å². The van der Waals surface area contributed by atoms with Crippen molar-refractivity contribution in [3.63, 3.8) is 0 Å². The lowest BCUT2D eigenvalue weighted by molar-refractivity contribution is 0.536. The van der Waals surface area contributed by atoms with Gasteiger partial charge in [-0.2, -0.15) is 0 Å². The molecule has 4 heteroatoms. The van der Waals surface area contributed by atoms with Gasteiger partial charge in [-0.25, -0.2) is 4.98 Å². The van der Waals surface area contributed by atoms with Crippen LogP contribution in [0.3, 0.4) is 0 Å². The number of rotatable bonds is 6. The Bertz CT molecular complexity index is 528. The van der Waals surface area contributed by atoms with Gasteiger partial charge in [-0.3, -0.25) is 0 Å². The number of aromatic nitrogens is 2. The molecule has 0 bridgehead atoms. The minimum atomic E-state index is 0.364. The van der Waals surface area contributed by atoms with Gasteiger partial charge in [0.1, 0.15) is 5.82 Å². The summed E-state index contributed by atoms with van der Waals surface area (Å²) in [5.41, 5.74) is 2.56. The maximum absolute atomic E-state index is 4.38.